The van der Waals surface area contributed by atoms with Crippen LogP contribution in [-0.4, -0.2) is 54.5 Å². The number of halogens is 1. The maximum absolute atomic E-state index is 11.9. The van der Waals surface area contributed by atoms with E-state index in [-0.39, 0.29) is 42.0 Å². The van der Waals surface area contributed by atoms with Gasteiger partial charge in [0.05, 0.1) is 13.1 Å². The van der Waals surface area contributed by atoms with Crippen molar-refractivity contribution in [2.75, 3.05) is 27.2 Å². The zero-order valence-corrected chi connectivity index (χ0v) is 21.4. The van der Waals surface area contributed by atoms with E-state index in [0.717, 1.165) is 18.5 Å². The van der Waals surface area contributed by atoms with Crippen molar-refractivity contribution in [2.24, 2.45) is 4.99 Å². The highest BCUT2D eigenvalue weighted by Crippen LogP contribution is 2.15. The second-order valence-electron chi connectivity index (χ2n) is 7.78. The van der Waals surface area contributed by atoms with Crippen LogP contribution in [0.1, 0.15) is 31.2 Å². The van der Waals surface area contributed by atoms with Gasteiger partial charge in [0.1, 0.15) is 5.60 Å². The summed E-state index contributed by atoms with van der Waals surface area (Å²) in [6.07, 6.45) is 2.67. The summed E-state index contributed by atoms with van der Waals surface area (Å²) >= 11 is 1.73. The van der Waals surface area contributed by atoms with Crippen LogP contribution in [0.4, 0.5) is 0 Å². The topological polar surface area (TPSA) is 78.9 Å². The van der Waals surface area contributed by atoms with Crippen molar-refractivity contribution in [3.63, 3.8) is 0 Å². The number of amides is 1. The average molecular weight is 545 g/mol. The first-order valence-corrected chi connectivity index (χ1v) is 10.5. The summed E-state index contributed by atoms with van der Waals surface area (Å²) in [6, 6.07) is 7.96. The predicted molar refractivity (Wildman–Crippen MR) is 134 cm³/mol. The van der Waals surface area contributed by atoms with Gasteiger partial charge in [0.15, 0.2) is 5.96 Å². The van der Waals surface area contributed by atoms with E-state index >= 15 is 0 Å². The number of aliphatic imine (C=N–C) groups is 1. The van der Waals surface area contributed by atoms with Crippen molar-refractivity contribution in [1.82, 2.24) is 20.5 Å². The molecule has 0 aliphatic carbocycles. The number of pyridine rings is 1. The molecule has 0 radical (unpaired) electrons. The van der Waals surface area contributed by atoms with Crippen molar-refractivity contribution in [1.29, 1.82) is 0 Å². The lowest BCUT2D eigenvalue weighted by Crippen LogP contribution is -2.43. The molecule has 1 amide bonds. The summed E-state index contributed by atoms with van der Waals surface area (Å²) in [5.74, 6) is 1.18. The van der Waals surface area contributed by atoms with Crippen LogP contribution in [0.2, 0.25) is 0 Å². The summed E-state index contributed by atoms with van der Waals surface area (Å²) < 4.78 is 5.75. The minimum absolute atomic E-state index is 0. The molecule has 0 saturated carbocycles. The number of carbonyl (C=O) groups excluding carboxylic acids is 1. The van der Waals surface area contributed by atoms with Gasteiger partial charge >= 0.3 is 0 Å². The molecule has 0 aliphatic heterocycles. The van der Waals surface area contributed by atoms with Crippen molar-refractivity contribution < 1.29 is 9.53 Å². The van der Waals surface area contributed by atoms with E-state index in [1.807, 2.05) is 39.0 Å². The Morgan fingerprint density at radius 3 is 2.57 bits per heavy atom. The fourth-order valence-corrected chi connectivity index (χ4v) is 3.01. The molecule has 9 heteroatoms. The van der Waals surface area contributed by atoms with Gasteiger partial charge in [0.25, 0.3) is 0 Å². The first-order chi connectivity index (χ1) is 13.7. The molecular formula is C21H32IN5O2S. The smallest absolute Gasteiger partial charge is 0.241 e. The number of nitrogens with zero attached hydrogens (tertiary/aromatic N) is 3. The maximum atomic E-state index is 11.9. The molecule has 0 atom stereocenters. The zero-order chi connectivity index (χ0) is 21.3. The van der Waals surface area contributed by atoms with Crippen molar-refractivity contribution >= 4 is 47.2 Å². The summed E-state index contributed by atoms with van der Waals surface area (Å²) in [7, 11) is 3.47. The fourth-order valence-electron chi connectivity index (χ4n) is 2.30. The number of carbonyl (C=O) groups is 1. The molecule has 0 unspecified atom stereocenters. The Balaban J connectivity index is 0.00000450. The van der Waals surface area contributed by atoms with Crippen LogP contribution in [0.25, 0.3) is 0 Å². The fraction of sp³-hybridized carbons (Fsp3) is 0.476. The second kappa shape index (κ2) is 12.7. The molecule has 30 heavy (non-hydrogen) atoms. The van der Waals surface area contributed by atoms with Gasteiger partial charge in [0.2, 0.25) is 11.8 Å². The van der Waals surface area contributed by atoms with E-state index in [2.05, 4.69) is 32.1 Å². The van der Waals surface area contributed by atoms with Crippen LogP contribution in [-0.2, 0) is 17.8 Å². The minimum Gasteiger partial charge on any atom is -0.472 e. The minimum atomic E-state index is -0.283. The number of rotatable bonds is 8. The van der Waals surface area contributed by atoms with E-state index in [0.29, 0.717) is 18.4 Å². The van der Waals surface area contributed by atoms with Gasteiger partial charge in [-0.2, -0.15) is 0 Å². The highest BCUT2D eigenvalue weighted by atomic mass is 127. The van der Waals surface area contributed by atoms with Gasteiger partial charge in [-0.15, -0.1) is 35.3 Å². The van der Waals surface area contributed by atoms with Crippen LogP contribution in [0.3, 0.4) is 0 Å². The molecule has 0 aromatic carbocycles. The number of thiophene rings is 1. The lowest BCUT2D eigenvalue weighted by atomic mass is 10.2. The third kappa shape index (κ3) is 10.2. The highest BCUT2D eigenvalue weighted by Gasteiger charge is 2.12. The number of ether oxygens (including phenoxy) is 1. The van der Waals surface area contributed by atoms with Gasteiger partial charge in [-0.05, 0) is 44.2 Å². The number of aromatic nitrogens is 1. The Morgan fingerprint density at radius 1 is 1.23 bits per heavy atom. The molecule has 0 bridgehead atoms. The molecule has 2 N–H and O–H groups in total. The standard InChI is InChI=1S/C21H31N5O2S.HI/c1-21(2,3)28-18-9-8-16(13-23-18)14-24-20(25-15-19(27)26(4)5)22-11-10-17-7-6-12-29-17;/h6-9,12-13H,10-11,14-15H2,1-5H3,(H2,22,24,25);1H. The number of guanidine groups is 1. The average Bonchev–Trinajstić information content (AvgIpc) is 3.16. The van der Waals surface area contributed by atoms with E-state index in [1.54, 1.807) is 36.5 Å². The van der Waals surface area contributed by atoms with Crippen LogP contribution in [0.15, 0.2) is 40.8 Å². The predicted octanol–water partition coefficient (Wildman–Crippen LogP) is 3.30. The van der Waals surface area contributed by atoms with E-state index < -0.39 is 0 Å². The summed E-state index contributed by atoms with van der Waals surface area (Å²) in [6.45, 7) is 7.34. The number of nitrogens with one attached hydrogen (secondary N) is 2. The summed E-state index contributed by atoms with van der Waals surface area (Å²) in [5, 5.41) is 8.46. The van der Waals surface area contributed by atoms with E-state index in [4.69, 9.17) is 4.74 Å². The number of hydrogen-bond donors (Lipinski definition) is 2. The van der Waals surface area contributed by atoms with E-state index in [1.165, 1.54) is 4.88 Å². The third-order valence-electron chi connectivity index (χ3n) is 3.78. The lowest BCUT2D eigenvalue weighted by molar-refractivity contribution is -0.127. The largest absolute Gasteiger partial charge is 0.472 e. The lowest BCUT2D eigenvalue weighted by Gasteiger charge is -2.20. The molecule has 0 saturated heterocycles. The highest BCUT2D eigenvalue weighted by molar-refractivity contribution is 14.0. The maximum Gasteiger partial charge on any atom is 0.241 e. The van der Waals surface area contributed by atoms with Gasteiger partial charge in [-0.25, -0.2) is 9.98 Å². The first-order valence-electron chi connectivity index (χ1n) is 9.61. The number of hydrogen-bond acceptors (Lipinski definition) is 5. The zero-order valence-electron chi connectivity index (χ0n) is 18.3. The molecule has 166 valence electrons. The molecule has 0 spiro atoms. The summed E-state index contributed by atoms with van der Waals surface area (Å²) in [5.41, 5.74) is 0.680. The van der Waals surface area contributed by atoms with Crippen LogP contribution in [0, 0.1) is 0 Å². The quantitative estimate of drug-likeness (QED) is 0.303. The molecule has 0 fully saturated rings. The molecular weight excluding hydrogens is 513 g/mol. The van der Waals surface area contributed by atoms with Gasteiger partial charge < -0.3 is 20.3 Å². The van der Waals surface area contributed by atoms with Crippen LogP contribution in [0.5, 0.6) is 5.88 Å². The molecule has 7 nitrogen and oxygen atoms in total. The third-order valence-corrected chi connectivity index (χ3v) is 4.71. The van der Waals surface area contributed by atoms with Crippen molar-refractivity contribution in [3.05, 3.63) is 46.3 Å². The van der Waals surface area contributed by atoms with Crippen LogP contribution >= 0.6 is 35.3 Å². The van der Waals surface area contributed by atoms with Crippen molar-refractivity contribution in [3.8, 4) is 5.88 Å². The Hall–Kier alpha value is -1.88. The Labute approximate surface area is 200 Å². The molecule has 2 aromatic rings. The normalized spacial score (nSPS) is 11.4. The Bertz CT molecular complexity index is 787. The van der Waals surface area contributed by atoms with Crippen molar-refractivity contribution in [2.45, 2.75) is 39.3 Å². The first kappa shape index (κ1) is 26.2. The molecule has 2 rings (SSSR count). The molecule has 0 aliphatic rings. The summed E-state index contributed by atoms with van der Waals surface area (Å²) in [4.78, 5) is 23.7. The second-order valence-corrected chi connectivity index (χ2v) is 8.81. The Kier molecular flexibility index (Phi) is 11.1. The van der Waals surface area contributed by atoms with Gasteiger partial charge in [-0.1, -0.05) is 12.1 Å². The van der Waals surface area contributed by atoms with E-state index in [9.17, 15) is 4.79 Å². The monoisotopic (exact) mass is 545 g/mol. The Morgan fingerprint density at radius 2 is 2.00 bits per heavy atom. The molecule has 2 aromatic heterocycles. The SMILES string of the molecule is CN(C)C(=O)CNC(=NCc1ccc(OC(C)(C)C)nc1)NCCc1cccs1.I. The van der Waals surface area contributed by atoms with Gasteiger partial charge in [0, 0.05) is 37.8 Å². The number of likely N-dealkylation sites (N-methyl/N-ethyl adjacent to an activating group) is 1. The van der Waals surface area contributed by atoms with Crippen LogP contribution < -0.4 is 15.4 Å². The van der Waals surface area contributed by atoms with Gasteiger partial charge in [-0.3, -0.25) is 4.79 Å². The molecule has 2 heterocycles.